The number of hydrogen-bond acceptors (Lipinski definition) is 3. The third-order valence-electron chi connectivity index (χ3n) is 3.10. The van der Waals surface area contributed by atoms with Crippen molar-refractivity contribution in [2.24, 2.45) is 0 Å². The summed E-state index contributed by atoms with van der Waals surface area (Å²) in [6, 6.07) is 5.61. The molecule has 2 rings (SSSR count). The number of Topliss-reactive ketones (excluding diaryl/α,β-unsaturated/α-hetero) is 1. The summed E-state index contributed by atoms with van der Waals surface area (Å²) >= 11 is 0. The number of aryl methyl sites for hydroxylation is 1. The summed E-state index contributed by atoms with van der Waals surface area (Å²) in [6.07, 6.45) is 4.13. The smallest absolute Gasteiger partial charge is 0.379 e. The van der Waals surface area contributed by atoms with Crippen molar-refractivity contribution in [3.05, 3.63) is 34.9 Å². The average molecular weight is 232 g/mol. The van der Waals surface area contributed by atoms with Gasteiger partial charge in [-0.25, -0.2) is 4.79 Å². The number of fused-ring (bicyclic) bond motifs is 1. The van der Waals surface area contributed by atoms with Crippen molar-refractivity contribution in [3.63, 3.8) is 0 Å². The van der Waals surface area contributed by atoms with Gasteiger partial charge in [0, 0.05) is 5.56 Å². The van der Waals surface area contributed by atoms with Crippen molar-refractivity contribution in [1.29, 1.82) is 0 Å². The molecule has 1 aromatic rings. The molecular formula is C14H16O3. The Balaban J connectivity index is 2.32. The number of esters is 1. The minimum absolute atomic E-state index is 0.236. The van der Waals surface area contributed by atoms with Crippen LogP contribution in [-0.2, 0) is 22.4 Å². The van der Waals surface area contributed by atoms with Gasteiger partial charge in [-0.15, -0.1) is 0 Å². The van der Waals surface area contributed by atoms with Crippen molar-refractivity contribution in [2.45, 2.75) is 32.6 Å². The van der Waals surface area contributed by atoms with Crippen LogP contribution in [0.15, 0.2) is 18.2 Å². The Labute approximate surface area is 101 Å². The number of carbonyl (C=O) groups is 2. The SMILES string of the molecule is CCOC(=O)C(=O)c1cccc2c1CCCC2. The normalized spacial score (nSPS) is 13.9. The van der Waals surface area contributed by atoms with Crippen LogP contribution < -0.4 is 0 Å². The molecule has 0 fully saturated rings. The fourth-order valence-electron chi connectivity index (χ4n) is 2.30. The number of ether oxygens (including phenoxy) is 1. The monoisotopic (exact) mass is 232 g/mol. The largest absolute Gasteiger partial charge is 0.460 e. The Hall–Kier alpha value is -1.64. The van der Waals surface area contributed by atoms with Crippen LogP contribution in [-0.4, -0.2) is 18.4 Å². The van der Waals surface area contributed by atoms with Gasteiger partial charge >= 0.3 is 5.97 Å². The highest BCUT2D eigenvalue weighted by Crippen LogP contribution is 2.24. The lowest BCUT2D eigenvalue weighted by atomic mass is 9.87. The second-order valence-electron chi connectivity index (χ2n) is 4.20. The molecule has 1 aromatic carbocycles. The summed E-state index contributed by atoms with van der Waals surface area (Å²) in [7, 11) is 0. The minimum Gasteiger partial charge on any atom is -0.460 e. The van der Waals surface area contributed by atoms with Crippen LogP contribution in [0.1, 0.15) is 41.3 Å². The van der Waals surface area contributed by atoms with Gasteiger partial charge in [0.2, 0.25) is 0 Å². The lowest BCUT2D eigenvalue weighted by Crippen LogP contribution is -2.20. The zero-order valence-electron chi connectivity index (χ0n) is 9.99. The molecule has 0 N–H and O–H groups in total. The number of benzene rings is 1. The quantitative estimate of drug-likeness (QED) is 0.456. The van der Waals surface area contributed by atoms with Gasteiger partial charge < -0.3 is 4.74 Å². The average Bonchev–Trinajstić information content (AvgIpc) is 2.37. The zero-order chi connectivity index (χ0) is 12.3. The molecule has 0 unspecified atom stereocenters. The molecular weight excluding hydrogens is 216 g/mol. The van der Waals surface area contributed by atoms with Crippen molar-refractivity contribution < 1.29 is 14.3 Å². The van der Waals surface area contributed by atoms with Crippen LogP contribution >= 0.6 is 0 Å². The molecule has 0 radical (unpaired) electrons. The predicted octanol–water partition coefficient (Wildman–Crippen LogP) is 2.31. The molecule has 3 nitrogen and oxygen atoms in total. The van der Waals surface area contributed by atoms with E-state index in [1.165, 1.54) is 5.56 Å². The number of rotatable bonds is 3. The Morgan fingerprint density at radius 1 is 1.24 bits per heavy atom. The Kier molecular flexibility index (Phi) is 3.57. The van der Waals surface area contributed by atoms with Crippen molar-refractivity contribution in [3.8, 4) is 0 Å². The van der Waals surface area contributed by atoms with E-state index in [1.807, 2.05) is 12.1 Å². The van der Waals surface area contributed by atoms with Gasteiger partial charge in [-0.05, 0) is 43.7 Å². The van der Waals surface area contributed by atoms with E-state index in [9.17, 15) is 9.59 Å². The molecule has 0 heterocycles. The van der Waals surface area contributed by atoms with E-state index >= 15 is 0 Å². The molecule has 90 valence electrons. The highest BCUT2D eigenvalue weighted by molar-refractivity contribution is 6.41. The molecule has 0 aromatic heterocycles. The van der Waals surface area contributed by atoms with E-state index < -0.39 is 11.8 Å². The summed E-state index contributed by atoms with van der Waals surface area (Å²) in [5.41, 5.74) is 2.77. The molecule has 1 aliphatic rings. The van der Waals surface area contributed by atoms with E-state index in [-0.39, 0.29) is 6.61 Å². The summed E-state index contributed by atoms with van der Waals surface area (Å²) in [5.74, 6) is -1.25. The highest BCUT2D eigenvalue weighted by Gasteiger charge is 2.23. The molecule has 0 saturated heterocycles. The number of carbonyl (C=O) groups excluding carboxylic acids is 2. The topological polar surface area (TPSA) is 43.4 Å². The maximum atomic E-state index is 11.9. The summed E-state index contributed by atoms with van der Waals surface area (Å²) in [5, 5.41) is 0. The standard InChI is InChI=1S/C14H16O3/c1-2-17-14(16)13(15)12-9-5-7-10-6-3-4-8-11(10)12/h5,7,9H,2-4,6,8H2,1H3. The van der Waals surface area contributed by atoms with Crippen LogP contribution in [0.3, 0.4) is 0 Å². The van der Waals surface area contributed by atoms with Gasteiger partial charge in [-0.3, -0.25) is 4.79 Å². The van der Waals surface area contributed by atoms with E-state index in [4.69, 9.17) is 4.74 Å². The molecule has 3 heteroatoms. The van der Waals surface area contributed by atoms with Crippen molar-refractivity contribution >= 4 is 11.8 Å². The fraction of sp³-hybridized carbons (Fsp3) is 0.429. The molecule has 0 atom stereocenters. The van der Waals surface area contributed by atoms with Crippen LogP contribution in [0.25, 0.3) is 0 Å². The molecule has 0 bridgehead atoms. The van der Waals surface area contributed by atoms with E-state index in [1.54, 1.807) is 13.0 Å². The molecule has 0 saturated carbocycles. The van der Waals surface area contributed by atoms with Gasteiger partial charge in [-0.1, -0.05) is 18.2 Å². The lowest BCUT2D eigenvalue weighted by Gasteiger charge is -2.18. The summed E-state index contributed by atoms with van der Waals surface area (Å²) in [4.78, 5) is 23.4. The maximum absolute atomic E-state index is 11.9. The van der Waals surface area contributed by atoms with Crippen LogP contribution in [0.2, 0.25) is 0 Å². The Morgan fingerprint density at radius 2 is 2.00 bits per heavy atom. The second-order valence-corrected chi connectivity index (χ2v) is 4.20. The zero-order valence-corrected chi connectivity index (χ0v) is 9.99. The van der Waals surface area contributed by atoms with Crippen molar-refractivity contribution in [2.75, 3.05) is 6.61 Å². The Morgan fingerprint density at radius 3 is 2.76 bits per heavy atom. The molecule has 17 heavy (non-hydrogen) atoms. The first kappa shape index (κ1) is 11.8. The molecule has 1 aliphatic carbocycles. The fourth-order valence-corrected chi connectivity index (χ4v) is 2.30. The first-order valence-corrected chi connectivity index (χ1v) is 6.06. The highest BCUT2D eigenvalue weighted by atomic mass is 16.5. The van der Waals surface area contributed by atoms with Gasteiger partial charge in [0.25, 0.3) is 5.78 Å². The first-order chi connectivity index (χ1) is 8.24. The first-order valence-electron chi connectivity index (χ1n) is 6.06. The van der Waals surface area contributed by atoms with Gasteiger partial charge in [0.05, 0.1) is 6.61 Å². The maximum Gasteiger partial charge on any atom is 0.379 e. The van der Waals surface area contributed by atoms with Crippen molar-refractivity contribution in [1.82, 2.24) is 0 Å². The minimum atomic E-state index is -0.744. The van der Waals surface area contributed by atoms with Crippen LogP contribution in [0.4, 0.5) is 0 Å². The number of hydrogen-bond donors (Lipinski definition) is 0. The lowest BCUT2D eigenvalue weighted by molar-refractivity contribution is -0.137. The molecule has 0 amide bonds. The van der Waals surface area contributed by atoms with Crippen LogP contribution in [0.5, 0.6) is 0 Å². The van der Waals surface area contributed by atoms with E-state index in [0.29, 0.717) is 5.56 Å². The van der Waals surface area contributed by atoms with Gasteiger partial charge in [0.15, 0.2) is 0 Å². The number of ketones is 1. The van der Waals surface area contributed by atoms with Crippen LogP contribution in [0, 0.1) is 0 Å². The summed E-state index contributed by atoms with van der Waals surface area (Å²) < 4.78 is 4.76. The van der Waals surface area contributed by atoms with Gasteiger partial charge in [0.1, 0.15) is 0 Å². The van der Waals surface area contributed by atoms with E-state index in [0.717, 1.165) is 31.2 Å². The summed E-state index contributed by atoms with van der Waals surface area (Å²) in [6.45, 7) is 1.94. The third kappa shape index (κ3) is 2.38. The van der Waals surface area contributed by atoms with Gasteiger partial charge in [-0.2, -0.15) is 0 Å². The third-order valence-corrected chi connectivity index (χ3v) is 3.10. The van der Waals surface area contributed by atoms with E-state index in [2.05, 4.69) is 0 Å². The molecule has 0 spiro atoms. The Bertz CT molecular complexity index is 449. The second kappa shape index (κ2) is 5.13. The predicted molar refractivity (Wildman–Crippen MR) is 64.0 cm³/mol. The molecule has 0 aliphatic heterocycles.